The molecule has 0 fully saturated rings. The van der Waals surface area contributed by atoms with Gasteiger partial charge in [0.05, 0.1) is 17.4 Å². The first-order valence-corrected chi connectivity index (χ1v) is 10.4. The third kappa shape index (κ3) is 3.05. The van der Waals surface area contributed by atoms with Crippen LogP contribution in [0.4, 0.5) is 0 Å². The van der Waals surface area contributed by atoms with Crippen LogP contribution in [-0.4, -0.2) is 36.4 Å². The van der Waals surface area contributed by atoms with Crippen molar-refractivity contribution < 1.29 is 4.74 Å². The highest BCUT2D eigenvalue weighted by Crippen LogP contribution is 2.46. The van der Waals surface area contributed by atoms with E-state index in [2.05, 4.69) is 15.1 Å². The summed E-state index contributed by atoms with van der Waals surface area (Å²) in [6.07, 6.45) is 5.49. The number of methoxy groups -OCH3 is 1. The average molecular weight is 437 g/mol. The van der Waals surface area contributed by atoms with Gasteiger partial charge in [0, 0.05) is 38.2 Å². The van der Waals surface area contributed by atoms with Gasteiger partial charge in [-0.15, -0.1) is 11.3 Å². The van der Waals surface area contributed by atoms with E-state index in [-0.39, 0.29) is 0 Å². The first-order valence-electron chi connectivity index (χ1n) is 9.17. The Hall–Kier alpha value is -3.23. The number of aromatic nitrogens is 6. The summed E-state index contributed by atoms with van der Waals surface area (Å²) < 4.78 is 8.96. The van der Waals surface area contributed by atoms with Crippen molar-refractivity contribution in [1.29, 1.82) is 0 Å². The molecule has 4 heterocycles. The topological polar surface area (TPSA) is 70.7 Å². The molecular weight excluding hydrogens is 420 g/mol. The Bertz CT molecular complexity index is 1370. The molecule has 0 aliphatic rings. The second kappa shape index (κ2) is 7.23. The van der Waals surface area contributed by atoms with E-state index in [0.717, 1.165) is 37.7 Å². The van der Waals surface area contributed by atoms with Crippen molar-refractivity contribution in [3.63, 3.8) is 0 Å². The lowest BCUT2D eigenvalue weighted by Crippen LogP contribution is -1.97. The summed E-state index contributed by atoms with van der Waals surface area (Å²) in [6.45, 7) is 0. The molecule has 0 unspecified atom stereocenters. The van der Waals surface area contributed by atoms with Crippen molar-refractivity contribution in [2.75, 3.05) is 7.11 Å². The number of thiophene rings is 1. The molecule has 5 aromatic rings. The molecule has 0 saturated carbocycles. The summed E-state index contributed by atoms with van der Waals surface area (Å²) in [5, 5.41) is 5.81. The molecule has 1 aromatic carbocycles. The first-order chi connectivity index (χ1) is 14.5. The quantitative estimate of drug-likeness (QED) is 0.378. The average Bonchev–Trinajstić information content (AvgIpc) is 3.46. The number of benzene rings is 1. The number of hydrogen-bond acceptors (Lipinski definition) is 6. The minimum atomic E-state index is 0.391. The maximum absolute atomic E-state index is 6.72. The van der Waals surface area contributed by atoms with Gasteiger partial charge in [0.1, 0.15) is 21.4 Å². The second-order valence-corrected chi connectivity index (χ2v) is 8.15. The molecule has 7 nitrogen and oxygen atoms in total. The van der Waals surface area contributed by atoms with Crippen LogP contribution < -0.4 is 4.74 Å². The summed E-state index contributed by atoms with van der Waals surface area (Å²) in [4.78, 5) is 15.5. The van der Waals surface area contributed by atoms with Gasteiger partial charge in [-0.2, -0.15) is 5.10 Å². The smallest absolute Gasteiger partial charge is 0.198 e. The van der Waals surface area contributed by atoms with E-state index in [1.807, 2.05) is 61.4 Å². The zero-order chi connectivity index (χ0) is 20.8. The molecule has 4 aromatic heterocycles. The predicted molar refractivity (Wildman–Crippen MR) is 119 cm³/mol. The van der Waals surface area contributed by atoms with Gasteiger partial charge in [-0.05, 0) is 23.8 Å². The van der Waals surface area contributed by atoms with Gasteiger partial charge in [0.15, 0.2) is 11.6 Å². The highest BCUT2D eigenvalue weighted by atomic mass is 35.5. The fourth-order valence-corrected chi connectivity index (χ4v) is 4.87. The fraction of sp³-hybridized carbons (Fsp3) is 0.143. The predicted octanol–water partition coefficient (Wildman–Crippen LogP) is 4.82. The molecule has 5 rings (SSSR count). The molecular formula is C21H17ClN6OS. The van der Waals surface area contributed by atoms with E-state index in [0.29, 0.717) is 16.8 Å². The molecule has 0 radical (unpaired) electrons. The van der Waals surface area contributed by atoms with Crippen molar-refractivity contribution in [2.45, 2.75) is 0 Å². The maximum Gasteiger partial charge on any atom is 0.198 e. The van der Waals surface area contributed by atoms with Gasteiger partial charge in [-0.3, -0.25) is 4.68 Å². The fourth-order valence-electron chi connectivity index (χ4n) is 3.39. The van der Waals surface area contributed by atoms with Gasteiger partial charge in [0.2, 0.25) is 0 Å². The Kier molecular flexibility index (Phi) is 4.52. The Labute approximate surface area is 181 Å². The van der Waals surface area contributed by atoms with Crippen molar-refractivity contribution in [3.05, 3.63) is 54.1 Å². The summed E-state index contributed by atoms with van der Waals surface area (Å²) in [5.74, 6) is 1.95. The van der Waals surface area contributed by atoms with Crippen LogP contribution in [0.15, 0.2) is 48.9 Å². The van der Waals surface area contributed by atoms with Crippen LogP contribution in [-0.2, 0) is 14.1 Å². The van der Waals surface area contributed by atoms with Crippen LogP contribution in [0.25, 0.3) is 43.6 Å². The number of fused-ring (bicyclic) bond motifs is 1. The van der Waals surface area contributed by atoms with E-state index >= 15 is 0 Å². The molecule has 0 aliphatic carbocycles. The molecule has 0 atom stereocenters. The highest BCUT2D eigenvalue weighted by Gasteiger charge is 2.23. The lowest BCUT2D eigenvalue weighted by Gasteiger charge is -2.07. The van der Waals surface area contributed by atoms with Crippen molar-refractivity contribution in [1.82, 2.24) is 29.3 Å². The van der Waals surface area contributed by atoms with Crippen LogP contribution in [0.3, 0.4) is 0 Å². The highest BCUT2D eigenvalue weighted by molar-refractivity contribution is 7.22. The molecule has 0 amide bonds. The van der Waals surface area contributed by atoms with Crippen LogP contribution in [0.5, 0.6) is 5.75 Å². The molecule has 0 saturated heterocycles. The van der Waals surface area contributed by atoms with Gasteiger partial charge < -0.3 is 9.30 Å². The number of halogens is 1. The standard InChI is InChI=1S/C21H17ClN6OS/c1-27-11-9-23-20(27)19-24-18(22)16-15(12-4-6-13(29-3)7-5-12)17(30-21(16)25-19)14-8-10-28(2)26-14/h4-11H,1-3H3. The Balaban J connectivity index is 1.80. The summed E-state index contributed by atoms with van der Waals surface area (Å²) in [7, 11) is 5.45. The Morgan fingerprint density at radius 3 is 2.47 bits per heavy atom. The van der Waals surface area contributed by atoms with Gasteiger partial charge in [0.25, 0.3) is 0 Å². The third-order valence-electron chi connectivity index (χ3n) is 4.85. The summed E-state index contributed by atoms with van der Waals surface area (Å²) in [5.41, 5.74) is 2.83. The molecule has 150 valence electrons. The van der Waals surface area contributed by atoms with E-state index in [4.69, 9.17) is 21.3 Å². The number of ether oxygens (including phenoxy) is 1. The number of rotatable bonds is 4. The number of nitrogens with zero attached hydrogens (tertiary/aromatic N) is 6. The lowest BCUT2D eigenvalue weighted by atomic mass is 10.0. The number of aryl methyl sites for hydroxylation is 2. The number of hydrogen-bond donors (Lipinski definition) is 0. The zero-order valence-corrected chi connectivity index (χ0v) is 18.1. The second-order valence-electron chi connectivity index (χ2n) is 6.79. The van der Waals surface area contributed by atoms with Crippen molar-refractivity contribution in [3.8, 4) is 39.1 Å². The van der Waals surface area contributed by atoms with E-state index in [9.17, 15) is 0 Å². The SMILES string of the molecule is COc1ccc(-c2c(-c3ccn(C)n3)sc3nc(-c4nccn4C)nc(Cl)c23)cc1. The van der Waals surface area contributed by atoms with Crippen LogP contribution in [0.1, 0.15) is 0 Å². The first kappa shape index (κ1) is 18.8. The monoisotopic (exact) mass is 436 g/mol. The lowest BCUT2D eigenvalue weighted by molar-refractivity contribution is 0.415. The molecule has 30 heavy (non-hydrogen) atoms. The molecule has 0 aliphatic heterocycles. The molecule has 0 bridgehead atoms. The van der Waals surface area contributed by atoms with E-state index in [1.165, 1.54) is 0 Å². The Morgan fingerprint density at radius 2 is 1.83 bits per heavy atom. The van der Waals surface area contributed by atoms with Crippen molar-refractivity contribution in [2.24, 2.45) is 14.1 Å². The van der Waals surface area contributed by atoms with Crippen LogP contribution in [0.2, 0.25) is 5.15 Å². The van der Waals surface area contributed by atoms with Gasteiger partial charge in [-0.1, -0.05) is 23.7 Å². The third-order valence-corrected chi connectivity index (χ3v) is 6.23. The number of imidazole rings is 1. The minimum Gasteiger partial charge on any atom is -0.497 e. The summed E-state index contributed by atoms with van der Waals surface area (Å²) >= 11 is 8.27. The van der Waals surface area contributed by atoms with E-state index < -0.39 is 0 Å². The van der Waals surface area contributed by atoms with Gasteiger partial charge in [-0.25, -0.2) is 15.0 Å². The zero-order valence-electron chi connectivity index (χ0n) is 16.5. The summed E-state index contributed by atoms with van der Waals surface area (Å²) in [6, 6.07) is 9.86. The normalized spacial score (nSPS) is 11.3. The van der Waals surface area contributed by atoms with Crippen LogP contribution >= 0.6 is 22.9 Å². The maximum atomic E-state index is 6.72. The van der Waals surface area contributed by atoms with E-state index in [1.54, 1.807) is 29.3 Å². The Morgan fingerprint density at radius 1 is 1.03 bits per heavy atom. The largest absolute Gasteiger partial charge is 0.497 e. The van der Waals surface area contributed by atoms with Gasteiger partial charge >= 0.3 is 0 Å². The molecule has 0 spiro atoms. The molecule has 9 heteroatoms. The van der Waals surface area contributed by atoms with Crippen molar-refractivity contribution >= 4 is 33.2 Å². The minimum absolute atomic E-state index is 0.391. The molecule has 0 N–H and O–H groups in total. The van der Waals surface area contributed by atoms with Crippen LogP contribution in [0, 0.1) is 0 Å².